The summed E-state index contributed by atoms with van der Waals surface area (Å²) in [6, 6.07) is 10.6. The van der Waals surface area contributed by atoms with E-state index in [0.29, 0.717) is 19.6 Å². The van der Waals surface area contributed by atoms with Crippen LogP contribution in [0.5, 0.6) is 11.6 Å². The third kappa shape index (κ3) is 4.36. The van der Waals surface area contributed by atoms with Gasteiger partial charge in [-0.05, 0) is 32.0 Å². The molecule has 1 aliphatic rings. The number of esters is 1. The van der Waals surface area contributed by atoms with Gasteiger partial charge in [-0.3, -0.25) is 4.79 Å². The summed E-state index contributed by atoms with van der Waals surface area (Å²) in [6.45, 7) is 4.22. The van der Waals surface area contributed by atoms with Crippen LogP contribution in [0, 0.1) is 0 Å². The highest BCUT2D eigenvalue weighted by atomic mass is 16.6. The number of carbonyl (C=O) groups excluding carboxylic acids is 2. The minimum Gasteiger partial charge on any atom is -0.493 e. The zero-order chi connectivity index (χ0) is 19.2. The second kappa shape index (κ2) is 8.53. The summed E-state index contributed by atoms with van der Waals surface area (Å²) in [5.74, 6) is -0.0696. The average molecular weight is 370 g/mol. The highest BCUT2D eigenvalue weighted by molar-refractivity contribution is 5.94. The van der Waals surface area contributed by atoms with Crippen molar-refractivity contribution < 1.29 is 23.8 Å². The van der Waals surface area contributed by atoms with E-state index in [4.69, 9.17) is 14.2 Å². The van der Waals surface area contributed by atoms with Crippen molar-refractivity contribution >= 4 is 11.9 Å². The summed E-state index contributed by atoms with van der Waals surface area (Å²) >= 11 is 0. The summed E-state index contributed by atoms with van der Waals surface area (Å²) in [5, 5.41) is 2.93. The second-order valence-electron chi connectivity index (χ2n) is 6.07. The quantitative estimate of drug-likeness (QED) is 0.787. The maximum atomic E-state index is 12.5. The zero-order valence-electron chi connectivity index (χ0n) is 15.3. The van der Waals surface area contributed by atoms with Gasteiger partial charge in [0.15, 0.2) is 6.10 Å². The molecule has 1 amide bonds. The van der Waals surface area contributed by atoms with Gasteiger partial charge in [0.1, 0.15) is 11.3 Å². The molecule has 0 unspecified atom stereocenters. The lowest BCUT2D eigenvalue weighted by Crippen LogP contribution is -2.39. The van der Waals surface area contributed by atoms with Gasteiger partial charge >= 0.3 is 5.97 Å². The predicted molar refractivity (Wildman–Crippen MR) is 97.7 cm³/mol. The number of ether oxygens (including phenoxy) is 3. The number of hydrogen-bond acceptors (Lipinski definition) is 6. The molecule has 1 N–H and O–H groups in total. The fraction of sp³-hybridized carbons (Fsp3) is 0.350. The fourth-order valence-electron chi connectivity index (χ4n) is 2.86. The molecule has 0 fully saturated rings. The maximum absolute atomic E-state index is 12.5. The van der Waals surface area contributed by atoms with Crippen molar-refractivity contribution in [1.29, 1.82) is 0 Å². The third-order valence-corrected chi connectivity index (χ3v) is 4.20. The second-order valence-corrected chi connectivity index (χ2v) is 6.07. The molecule has 0 spiro atoms. The molecule has 0 aliphatic carbocycles. The molecule has 0 radical (unpaired) electrons. The van der Waals surface area contributed by atoms with Crippen LogP contribution < -0.4 is 14.8 Å². The number of hydrogen-bond donors (Lipinski definition) is 1. The van der Waals surface area contributed by atoms with Crippen molar-refractivity contribution in [3.8, 4) is 11.6 Å². The molecular formula is C20H22N2O5. The number of carbonyl (C=O) groups is 2. The van der Waals surface area contributed by atoms with Gasteiger partial charge in [0.25, 0.3) is 5.91 Å². The van der Waals surface area contributed by atoms with Gasteiger partial charge in [-0.1, -0.05) is 18.2 Å². The van der Waals surface area contributed by atoms with Crippen LogP contribution in [0.2, 0.25) is 0 Å². The smallest absolute Gasteiger partial charge is 0.344 e. The zero-order valence-corrected chi connectivity index (χ0v) is 15.3. The van der Waals surface area contributed by atoms with Crippen molar-refractivity contribution in [2.45, 2.75) is 32.4 Å². The third-order valence-electron chi connectivity index (χ3n) is 4.20. The van der Waals surface area contributed by atoms with Crippen molar-refractivity contribution in [1.82, 2.24) is 10.3 Å². The monoisotopic (exact) mass is 370 g/mol. The molecule has 0 saturated carbocycles. The normalized spacial score (nSPS) is 16.4. The first kappa shape index (κ1) is 18.7. The summed E-state index contributed by atoms with van der Waals surface area (Å²) in [6.07, 6.45) is 1.23. The Kier molecular flexibility index (Phi) is 5.90. The van der Waals surface area contributed by atoms with Gasteiger partial charge in [0, 0.05) is 18.2 Å². The lowest BCUT2D eigenvalue weighted by Gasteiger charge is -2.27. The number of para-hydroxylation sites is 1. The number of pyridine rings is 1. The van der Waals surface area contributed by atoms with E-state index in [2.05, 4.69) is 10.3 Å². The van der Waals surface area contributed by atoms with E-state index < -0.39 is 12.1 Å². The van der Waals surface area contributed by atoms with Crippen molar-refractivity contribution in [2.24, 2.45) is 0 Å². The summed E-state index contributed by atoms with van der Waals surface area (Å²) in [4.78, 5) is 28.9. The topological polar surface area (TPSA) is 86.8 Å². The Labute approximate surface area is 157 Å². The molecule has 2 aromatic rings. The van der Waals surface area contributed by atoms with E-state index in [0.717, 1.165) is 11.3 Å². The Hall–Kier alpha value is -3.09. The van der Waals surface area contributed by atoms with Crippen LogP contribution in [-0.4, -0.2) is 36.2 Å². The van der Waals surface area contributed by atoms with Crippen LogP contribution in [0.1, 0.15) is 42.2 Å². The van der Waals surface area contributed by atoms with Gasteiger partial charge in [-0.2, -0.15) is 0 Å². The lowest BCUT2D eigenvalue weighted by molar-refractivity contribution is -0.130. The Bertz CT molecular complexity index is 824. The first-order valence-corrected chi connectivity index (χ1v) is 8.91. The fourth-order valence-corrected chi connectivity index (χ4v) is 2.86. The summed E-state index contributed by atoms with van der Waals surface area (Å²) < 4.78 is 16.2. The number of rotatable bonds is 6. The molecule has 3 rings (SSSR count). The van der Waals surface area contributed by atoms with Gasteiger partial charge in [-0.25, -0.2) is 9.78 Å². The minimum atomic E-state index is -0.956. The van der Waals surface area contributed by atoms with Crippen LogP contribution >= 0.6 is 0 Å². The molecule has 0 bridgehead atoms. The van der Waals surface area contributed by atoms with E-state index in [-0.39, 0.29) is 23.4 Å². The SMILES string of the molecule is CCOc1ncccc1C(=O)O[C@@H](C)C(=O)N[C@H]1CCOc2ccccc21. The van der Waals surface area contributed by atoms with E-state index >= 15 is 0 Å². The Morgan fingerprint density at radius 3 is 2.93 bits per heavy atom. The number of fused-ring (bicyclic) bond motifs is 1. The molecule has 1 aromatic carbocycles. The molecule has 1 aliphatic heterocycles. The van der Waals surface area contributed by atoms with E-state index in [1.54, 1.807) is 19.1 Å². The van der Waals surface area contributed by atoms with E-state index in [1.807, 2.05) is 24.3 Å². The molecule has 7 heteroatoms. The van der Waals surface area contributed by atoms with E-state index in [9.17, 15) is 9.59 Å². The van der Waals surface area contributed by atoms with Gasteiger partial charge < -0.3 is 19.5 Å². The van der Waals surface area contributed by atoms with Crippen LogP contribution in [0.15, 0.2) is 42.6 Å². The van der Waals surface area contributed by atoms with Gasteiger partial charge in [0.2, 0.25) is 5.88 Å². The van der Waals surface area contributed by atoms with Crippen LogP contribution in [0.3, 0.4) is 0 Å². The number of nitrogens with zero attached hydrogens (tertiary/aromatic N) is 1. The Morgan fingerprint density at radius 2 is 2.11 bits per heavy atom. The average Bonchev–Trinajstić information content (AvgIpc) is 2.69. The largest absolute Gasteiger partial charge is 0.493 e. The highest BCUT2D eigenvalue weighted by Gasteiger charge is 2.27. The van der Waals surface area contributed by atoms with Gasteiger partial charge in [0.05, 0.1) is 19.3 Å². The first-order chi connectivity index (χ1) is 13.1. The number of benzene rings is 1. The number of aromatic nitrogens is 1. The van der Waals surface area contributed by atoms with Gasteiger partial charge in [-0.15, -0.1) is 0 Å². The molecule has 2 atom stereocenters. The first-order valence-electron chi connectivity index (χ1n) is 8.91. The van der Waals surface area contributed by atoms with Crippen molar-refractivity contribution in [3.63, 3.8) is 0 Å². The Morgan fingerprint density at radius 1 is 1.30 bits per heavy atom. The predicted octanol–water partition coefficient (Wildman–Crippen LogP) is 2.67. The Balaban J connectivity index is 1.64. The van der Waals surface area contributed by atoms with Crippen molar-refractivity contribution in [3.05, 3.63) is 53.7 Å². The van der Waals surface area contributed by atoms with Crippen molar-refractivity contribution in [2.75, 3.05) is 13.2 Å². The summed E-state index contributed by atoms with van der Waals surface area (Å²) in [7, 11) is 0. The molecular weight excluding hydrogens is 348 g/mol. The standard InChI is InChI=1S/C20H22N2O5/c1-3-25-19-15(8-6-11-21-19)20(24)27-13(2)18(23)22-16-10-12-26-17-9-5-4-7-14(16)17/h4-9,11,13,16H,3,10,12H2,1-2H3,(H,22,23)/t13-,16-/m0/s1. The lowest BCUT2D eigenvalue weighted by atomic mass is 10.0. The molecule has 27 heavy (non-hydrogen) atoms. The molecule has 0 saturated heterocycles. The highest BCUT2D eigenvalue weighted by Crippen LogP contribution is 2.31. The maximum Gasteiger partial charge on any atom is 0.344 e. The van der Waals surface area contributed by atoms with Crippen LogP contribution in [-0.2, 0) is 9.53 Å². The number of amides is 1. The molecule has 1 aromatic heterocycles. The van der Waals surface area contributed by atoms with Crippen LogP contribution in [0.4, 0.5) is 0 Å². The molecule has 2 heterocycles. The number of nitrogens with one attached hydrogen (secondary N) is 1. The van der Waals surface area contributed by atoms with Crippen LogP contribution in [0.25, 0.3) is 0 Å². The minimum absolute atomic E-state index is 0.180. The molecule has 142 valence electrons. The molecule has 7 nitrogen and oxygen atoms in total. The summed E-state index contributed by atoms with van der Waals surface area (Å²) in [5.41, 5.74) is 1.11. The van der Waals surface area contributed by atoms with E-state index in [1.165, 1.54) is 13.1 Å².